The van der Waals surface area contributed by atoms with Crippen LogP contribution in [-0.2, 0) is 4.74 Å². The van der Waals surface area contributed by atoms with E-state index in [1.165, 1.54) is 0 Å². The van der Waals surface area contributed by atoms with Crippen molar-refractivity contribution in [2.24, 2.45) is 0 Å². The molecule has 28 heavy (non-hydrogen) atoms. The molecule has 0 aliphatic carbocycles. The van der Waals surface area contributed by atoms with E-state index < -0.39 is 0 Å². The van der Waals surface area contributed by atoms with Gasteiger partial charge in [0.05, 0.1) is 18.0 Å². The molecule has 2 aromatic rings. The number of carbonyl (C=O) groups excluding carboxylic acids is 2. The number of amides is 2. The second-order valence-electron chi connectivity index (χ2n) is 6.80. The second kappa shape index (κ2) is 8.72. The predicted molar refractivity (Wildman–Crippen MR) is 108 cm³/mol. The lowest BCUT2D eigenvalue weighted by atomic mass is 10.1. The van der Waals surface area contributed by atoms with E-state index in [1.807, 2.05) is 32.0 Å². The molecule has 1 fully saturated rings. The molecule has 0 bridgehead atoms. The van der Waals surface area contributed by atoms with Crippen molar-refractivity contribution in [3.05, 3.63) is 39.6 Å². The van der Waals surface area contributed by atoms with E-state index >= 15 is 0 Å². The maximum Gasteiger partial charge on any atom is 0.409 e. The van der Waals surface area contributed by atoms with Crippen LogP contribution >= 0.6 is 15.9 Å². The summed E-state index contributed by atoms with van der Waals surface area (Å²) in [5.41, 5.74) is 2.93. The number of halogens is 1. The second-order valence-corrected chi connectivity index (χ2v) is 7.66. The molecule has 0 unspecified atom stereocenters. The number of hydrogen-bond donors (Lipinski definition) is 1. The first-order chi connectivity index (χ1) is 13.4. The van der Waals surface area contributed by atoms with Crippen LogP contribution in [0.4, 0.5) is 4.79 Å². The zero-order chi connectivity index (χ0) is 20.3. The van der Waals surface area contributed by atoms with Crippen molar-refractivity contribution < 1.29 is 14.3 Å². The first-order valence-electron chi connectivity index (χ1n) is 9.32. The number of hydrogen-bond acceptors (Lipinski definition) is 5. The normalized spacial score (nSPS) is 14.8. The first kappa shape index (κ1) is 20.3. The smallest absolute Gasteiger partial charge is 0.409 e. The van der Waals surface area contributed by atoms with E-state index in [1.54, 1.807) is 16.5 Å². The fourth-order valence-corrected chi connectivity index (χ4v) is 3.47. The zero-order valence-corrected chi connectivity index (χ0v) is 17.8. The van der Waals surface area contributed by atoms with Gasteiger partial charge in [-0.2, -0.15) is 0 Å². The average molecular weight is 450 g/mol. The predicted octanol–water partition coefficient (Wildman–Crippen LogP) is 3.00. The van der Waals surface area contributed by atoms with Crippen molar-refractivity contribution >= 4 is 27.9 Å². The Hall–Kier alpha value is -2.42. The number of rotatable bonds is 4. The van der Waals surface area contributed by atoms with Gasteiger partial charge in [-0.05, 0) is 57.4 Å². The minimum Gasteiger partial charge on any atom is -0.450 e. The molecule has 0 atom stereocenters. The van der Waals surface area contributed by atoms with E-state index in [2.05, 4.69) is 31.6 Å². The van der Waals surface area contributed by atoms with Gasteiger partial charge >= 0.3 is 6.09 Å². The summed E-state index contributed by atoms with van der Waals surface area (Å²) in [5.74, 6) is -0.243. The number of carbonyl (C=O) groups is 2. The molecule has 0 radical (unpaired) electrons. The molecule has 0 saturated carbocycles. The van der Waals surface area contributed by atoms with Crippen LogP contribution in [0.5, 0.6) is 0 Å². The highest BCUT2D eigenvalue weighted by Gasteiger charge is 2.26. The number of aryl methyl sites for hydroxylation is 1. The van der Waals surface area contributed by atoms with Crippen LogP contribution in [0.15, 0.2) is 22.7 Å². The van der Waals surface area contributed by atoms with Gasteiger partial charge in [-0.3, -0.25) is 4.79 Å². The minimum atomic E-state index is -0.296. The summed E-state index contributed by atoms with van der Waals surface area (Å²) in [6.07, 6.45) is 1.07. The summed E-state index contributed by atoms with van der Waals surface area (Å²) in [7, 11) is 0. The Morgan fingerprint density at radius 3 is 2.64 bits per heavy atom. The molecule has 2 heterocycles. The van der Waals surface area contributed by atoms with Crippen LogP contribution in [0.3, 0.4) is 0 Å². The van der Waals surface area contributed by atoms with Gasteiger partial charge in [0.15, 0.2) is 5.69 Å². The van der Waals surface area contributed by atoms with Crippen molar-refractivity contribution in [2.45, 2.75) is 39.7 Å². The fourth-order valence-electron chi connectivity index (χ4n) is 3.22. The molecule has 1 aromatic carbocycles. The summed E-state index contributed by atoms with van der Waals surface area (Å²) >= 11 is 3.48. The summed E-state index contributed by atoms with van der Waals surface area (Å²) < 4.78 is 7.70. The number of aromatic nitrogens is 3. The van der Waals surface area contributed by atoms with Gasteiger partial charge in [0, 0.05) is 23.6 Å². The van der Waals surface area contributed by atoms with E-state index in [0.717, 1.165) is 15.7 Å². The van der Waals surface area contributed by atoms with Gasteiger partial charge in [0.25, 0.3) is 5.91 Å². The fraction of sp³-hybridized carbons (Fsp3) is 0.474. The highest BCUT2D eigenvalue weighted by Crippen LogP contribution is 2.21. The largest absolute Gasteiger partial charge is 0.450 e. The maximum absolute atomic E-state index is 12.7. The molecule has 150 valence electrons. The topological polar surface area (TPSA) is 89.3 Å². The van der Waals surface area contributed by atoms with Crippen LogP contribution < -0.4 is 5.32 Å². The molecule has 1 N–H and O–H groups in total. The molecule has 2 amide bonds. The van der Waals surface area contributed by atoms with E-state index in [0.29, 0.717) is 43.9 Å². The van der Waals surface area contributed by atoms with E-state index in [4.69, 9.17) is 4.74 Å². The van der Waals surface area contributed by atoms with Crippen molar-refractivity contribution in [3.63, 3.8) is 0 Å². The molecule has 1 aromatic heterocycles. The lowest BCUT2D eigenvalue weighted by molar-refractivity contribution is 0.0856. The van der Waals surface area contributed by atoms with Crippen LogP contribution in [0.1, 0.15) is 41.5 Å². The SMILES string of the molecule is CCOC(=O)N1CCC(NC(=O)c2nnn(-c3ccc(Br)c(C)c3)c2C)CC1. The third-order valence-corrected chi connectivity index (χ3v) is 5.74. The molecular weight excluding hydrogens is 426 g/mol. The minimum absolute atomic E-state index is 0.00217. The Bertz CT molecular complexity index is 874. The Kier molecular flexibility index (Phi) is 6.33. The number of piperidine rings is 1. The Morgan fingerprint density at radius 1 is 1.29 bits per heavy atom. The Labute approximate surface area is 172 Å². The number of benzene rings is 1. The average Bonchev–Trinajstić information content (AvgIpc) is 3.06. The number of likely N-dealkylation sites (tertiary alicyclic amines) is 1. The van der Waals surface area contributed by atoms with E-state index in [-0.39, 0.29) is 18.0 Å². The van der Waals surface area contributed by atoms with Crippen molar-refractivity contribution in [1.29, 1.82) is 0 Å². The van der Waals surface area contributed by atoms with Crippen molar-refractivity contribution in [1.82, 2.24) is 25.2 Å². The summed E-state index contributed by atoms with van der Waals surface area (Å²) in [4.78, 5) is 26.1. The summed E-state index contributed by atoms with van der Waals surface area (Å²) in [6.45, 7) is 7.10. The third-order valence-electron chi connectivity index (χ3n) is 4.85. The van der Waals surface area contributed by atoms with Crippen LogP contribution in [0, 0.1) is 13.8 Å². The van der Waals surface area contributed by atoms with Gasteiger partial charge in [-0.1, -0.05) is 21.1 Å². The zero-order valence-electron chi connectivity index (χ0n) is 16.2. The van der Waals surface area contributed by atoms with E-state index in [9.17, 15) is 9.59 Å². The molecule has 1 aliphatic rings. The summed E-state index contributed by atoms with van der Waals surface area (Å²) in [5, 5.41) is 11.2. The van der Waals surface area contributed by atoms with Crippen LogP contribution in [0.25, 0.3) is 5.69 Å². The maximum atomic E-state index is 12.7. The quantitative estimate of drug-likeness (QED) is 0.774. The number of nitrogens with zero attached hydrogens (tertiary/aromatic N) is 4. The van der Waals surface area contributed by atoms with Gasteiger partial charge in [0.1, 0.15) is 0 Å². The van der Waals surface area contributed by atoms with Gasteiger partial charge in [-0.25, -0.2) is 9.48 Å². The molecule has 0 spiro atoms. The highest BCUT2D eigenvalue weighted by atomic mass is 79.9. The molecule has 8 nitrogen and oxygen atoms in total. The highest BCUT2D eigenvalue weighted by molar-refractivity contribution is 9.10. The van der Waals surface area contributed by atoms with Crippen molar-refractivity contribution in [3.8, 4) is 5.69 Å². The lowest BCUT2D eigenvalue weighted by Crippen LogP contribution is -2.46. The Morgan fingerprint density at radius 2 is 2.00 bits per heavy atom. The monoisotopic (exact) mass is 449 g/mol. The number of nitrogens with one attached hydrogen (secondary N) is 1. The van der Waals surface area contributed by atoms with Crippen LogP contribution in [-0.4, -0.2) is 57.6 Å². The van der Waals surface area contributed by atoms with Crippen LogP contribution in [0.2, 0.25) is 0 Å². The van der Waals surface area contributed by atoms with Gasteiger partial charge < -0.3 is 15.0 Å². The molecule has 1 aliphatic heterocycles. The summed E-state index contributed by atoms with van der Waals surface area (Å²) in [6, 6.07) is 5.85. The molecule has 3 rings (SSSR count). The molecule has 9 heteroatoms. The lowest BCUT2D eigenvalue weighted by Gasteiger charge is -2.31. The number of ether oxygens (including phenoxy) is 1. The molecule has 1 saturated heterocycles. The Balaban J connectivity index is 1.64. The first-order valence-corrected chi connectivity index (χ1v) is 10.1. The van der Waals surface area contributed by atoms with Gasteiger partial charge in [-0.15, -0.1) is 5.10 Å². The van der Waals surface area contributed by atoms with Gasteiger partial charge in [0.2, 0.25) is 0 Å². The third kappa shape index (κ3) is 4.35. The molecular formula is C19H24BrN5O3. The van der Waals surface area contributed by atoms with Crippen molar-refractivity contribution in [2.75, 3.05) is 19.7 Å². The standard InChI is InChI=1S/C19H24BrN5O3/c1-4-28-19(27)24-9-7-14(8-10-24)21-18(26)17-13(3)25(23-22-17)15-5-6-16(20)12(2)11-15/h5-6,11,14H,4,7-10H2,1-3H3,(H,21,26).